The number of hydrogen-bond donors (Lipinski definition) is 7. The van der Waals surface area contributed by atoms with Crippen molar-refractivity contribution < 1.29 is 53.5 Å². The summed E-state index contributed by atoms with van der Waals surface area (Å²) in [6.07, 6.45) is -1.16. The molecule has 0 saturated carbocycles. The number of carboxylic acid groups (broad SMARTS) is 2. The molecule has 0 aliphatic carbocycles. The summed E-state index contributed by atoms with van der Waals surface area (Å²) >= 11 is 0. The van der Waals surface area contributed by atoms with Crippen LogP contribution in [0.4, 0.5) is 0 Å². The number of carbonyl (C=O) groups is 5. The third kappa shape index (κ3) is 7.33. The van der Waals surface area contributed by atoms with Crippen LogP contribution in [0.3, 0.4) is 0 Å². The lowest BCUT2D eigenvalue weighted by Gasteiger charge is -2.27. The van der Waals surface area contributed by atoms with Crippen LogP contribution >= 0.6 is 0 Å². The number of carbonyl (C=O) groups excluding carboxylic acids is 3. The largest absolute Gasteiger partial charge is 0.491 e. The van der Waals surface area contributed by atoms with E-state index in [2.05, 4.69) is 16.0 Å². The van der Waals surface area contributed by atoms with Crippen LogP contribution in [0.1, 0.15) is 58.0 Å². The van der Waals surface area contributed by atoms with Gasteiger partial charge in [0.15, 0.2) is 0 Å². The average molecular weight is 581 g/mol. The summed E-state index contributed by atoms with van der Waals surface area (Å²) in [7, 11) is -2.40. The van der Waals surface area contributed by atoms with Gasteiger partial charge < -0.3 is 45.5 Å². The van der Waals surface area contributed by atoms with Crippen LogP contribution in [-0.2, 0) is 36.9 Å². The number of amides is 3. The van der Waals surface area contributed by atoms with Gasteiger partial charge in [-0.3, -0.25) is 24.0 Å². The van der Waals surface area contributed by atoms with E-state index in [0.717, 1.165) is 0 Å². The molecule has 0 radical (unpaired) electrons. The number of carboxylic acids is 2. The third-order valence-corrected chi connectivity index (χ3v) is 7.04. The Hall–Kier alpha value is -4.24. The molecule has 2 aliphatic rings. The summed E-state index contributed by atoms with van der Waals surface area (Å²) in [6.45, 7) is 1.81. The van der Waals surface area contributed by atoms with E-state index in [1.165, 1.54) is 31.2 Å². The van der Waals surface area contributed by atoms with E-state index in [0.29, 0.717) is 22.1 Å². The van der Waals surface area contributed by atoms with Crippen LogP contribution < -0.4 is 26.9 Å². The fourth-order valence-electron chi connectivity index (χ4n) is 4.75. The van der Waals surface area contributed by atoms with Gasteiger partial charge in [0.2, 0.25) is 5.91 Å². The molecule has 4 rings (SSSR count). The maximum atomic E-state index is 13.4. The van der Waals surface area contributed by atoms with Gasteiger partial charge in [0.05, 0.1) is 25.7 Å². The van der Waals surface area contributed by atoms with Gasteiger partial charge in [-0.1, -0.05) is 12.1 Å². The molecule has 0 unspecified atom stereocenters. The van der Waals surface area contributed by atoms with Gasteiger partial charge >= 0.3 is 26.2 Å². The molecule has 0 spiro atoms. The molecule has 42 heavy (non-hydrogen) atoms. The molecule has 16 heteroatoms. The molecule has 2 heterocycles. The number of fused-ring (bicyclic) bond motifs is 2. The Balaban J connectivity index is 1.55. The predicted molar refractivity (Wildman–Crippen MR) is 147 cm³/mol. The molecule has 2 aromatic rings. The molecular formula is C26H29B2N3O11. The van der Waals surface area contributed by atoms with Crippen LogP contribution in [0.2, 0.25) is 0 Å². The first-order chi connectivity index (χ1) is 19.9. The van der Waals surface area contributed by atoms with Crippen molar-refractivity contribution in [1.82, 2.24) is 16.0 Å². The smallest absolute Gasteiger partial charge is 0.481 e. The highest BCUT2D eigenvalue weighted by Crippen LogP contribution is 2.14. The van der Waals surface area contributed by atoms with Crippen LogP contribution in [0.5, 0.6) is 0 Å². The topological polar surface area (TPSA) is 221 Å². The van der Waals surface area contributed by atoms with Crippen molar-refractivity contribution >= 4 is 54.8 Å². The fraction of sp³-hybridized carbons (Fsp3) is 0.346. The van der Waals surface area contributed by atoms with E-state index in [9.17, 15) is 39.1 Å². The highest BCUT2D eigenvalue weighted by atomic mass is 16.5. The maximum Gasteiger partial charge on any atom is 0.491 e. The highest BCUT2D eigenvalue weighted by molar-refractivity contribution is 6.62. The minimum atomic E-state index is -1.43. The standard InChI is InChI=1S/C26H29B2N3O11/c1-13(29-24(36)14-2-4-16-11-41-27(39)19(16)8-14)23(26(38)30-18(10-22(34)35)6-7-21(32)33)31-25(37)15-3-5-17-12-42-28(40)20(17)9-15/h2-5,8-9,13,18,23,39-40H,6-7,10-12H2,1H3,(H,29,36)(H,30,38)(H,31,37)(H,32,33)(H,34,35)/t13-,18-,23-/m0/s1. The summed E-state index contributed by atoms with van der Waals surface area (Å²) in [4.78, 5) is 62.1. The van der Waals surface area contributed by atoms with Crippen molar-refractivity contribution in [2.45, 2.75) is 57.5 Å². The van der Waals surface area contributed by atoms with Gasteiger partial charge in [0.1, 0.15) is 6.04 Å². The van der Waals surface area contributed by atoms with E-state index in [1.807, 2.05) is 0 Å². The third-order valence-electron chi connectivity index (χ3n) is 7.04. The Morgan fingerprint density at radius 3 is 1.83 bits per heavy atom. The minimum Gasteiger partial charge on any atom is -0.481 e. The monoisotopic (exact) mass is 581 g/mol. The maximum absolute atomic E-state index is 13.4. The van der Waals surface area contributed by atoms with Gasteiger partial charge in [-0.2, -0.15) is 0 Å². The lowest BCUT2D eigenvalue weighted by molar-refractivity contribution is -0.140. The van der Waals surface area contributed by atoms with E-state index < -0.39 is 74.9 Å². The van der Waals surface area contributed by atoms with Crippen molar-refractivity contribution in [1.29, 1.82) is 0 Å². The van der Waals surface area contributed by atoms with Crippen molar-refractivity contribution in [2.75, 3.05) is 0 Å². The summed E-state index contributed by atoms with van der Waals surface area (Å²) in [5, 5.41) is 46.0. The average Bonchev–Trinajstić information content (AvgIpc) is 3.50. The zero-order chi connectivity index (χ0) is 30.6. The van der Waals surface area contributed by atoms with Crippen LogP contribution in [0.15, 0.2) is 36.4 Å². The van der Waals surface area contributed by atoms with Gasteiger partial charge in [-0.25, -0.2) is 0 Å². The molecule has 2 aromatic carbocycles. The molecule has 2 aliphatic heterocycles. The number of aliphatic carboxylic acids is 2. The van der Waals surface area contributed by atoms with Crippen molar-refractivity contribution in [3.05, 3.63) is 58.7 Å². The van der Waals surface area contributed by atoms with E-state index in [4.69, 9.17) is 14.4 Å². The Bertz CT molecular complexity index is 1410. The SMILES string of the molecule is C[C@H](NC(=O)c1ccc2c(c1)B(O)OC2)[C@H](NC(=O)c1ccc2c(c1)B(O)OC2)C(=O)N[C@@H](CCC(=O)O)CC(=O)O. The summed E-state index contributed by atoms with van der Waals surface area (Å²) in [5.74, 6) is -4.65. The number of nitrogens with one attached hydrogen (secondary N) is 3. The number of hydrogen-bond acceptors (Lipinski definition) is 9. The molecule has 220 valence electrons. The first kappa shape index (κ1) is 30.7. The van der Waals surface area contributed by atoms with Gasteiger partial charge in [-0.05, 0) is 59.7 Å². The van der Waals surface area contributed by atoms with Crippen molar-refractivity contribution in [2.24, 2.45) is 0 Å². The number of benzene rings is 2. The zero-order valence-corrected chi connectivity index (χ0v) is 22.5. The molecule has 14 nitrogen and oxygen atoms in total. The molecular weight excluding hydrogens is 552 g/mol. The van der Waals surface area contributed by atoms with Crippen LogP contribution in [-0.4, -0.2) is 82.3 Å². The van der Waals surface area contributed by atoms with Gasteiger partial charge in [0.25, 0.3) is 11.8 Å². The Morgan fingerprint density at radius 2 is 1.33 bits per heavy atom. The molecule has 3 atom stereocenters. The lowest BCUT2D eigenvalue weighted by atomic mass is 9.78. The second-order valence-corrected chi connectivity index (χ2v) is 10.1. The molecule has 3 amide bonds. The molecule has 0 aromatic heterocycles. The summed E-state index contributed by atoms with van der Waals surface area (Å²) in [5.41, 5.74) is 2.48. The quantitative estimate of drug-likeness (QED) is 0.134. The fourth-order valence-corrected chi connectivity index (χ4v) is 4.75. The predicted octanol–water partition coefficient (Wildman–Crippen LogP) is -2.14. The molecule has 7 N–H and O–H groups in total. The Morgan fingerprint density at radius 1 is 0.810 bits per heavy atom. The first-order valence-electron chi connectivity index (χ1n) is 13.1. The number of rotatable bonds is 12. The van der Waals surface area contributed by atoms with Crippen molar-refractivity contribution in [3.8, 4) is 0 Å². The molecule has 0 saturated heterocycles. The zero-order valence-electron chi connectivity index (χ0n) is 22.5. The molecule has 0 bridgehead atoms. The normalized spacial score (nSPS) is 15.7. The van der Waals surface area contributed by atoms with Crippen LogP contribution in [0, 0.1) is 0 Å². The highest BCUT2D eigenvalue weighted by Gasteiger charge is 2.33. The summed E-state index contributed by atoms with van der Waals surface area (Å²) < 4.78 is 10.3. The summed E-state index contributed by atoms with van der Waals surface area (Å²) in [6, 6.07) is 5.54. The Labute approximate surface area is 240 Å². The second kappa shape index (κ2) is 13.2. The van der Waals surface area contributed by atoms with Crippen LogP contribution in [0.25, 0.3) is 0 Å². The van der Waals surface area contributed by atoms with Crippen molar-refractivity contribution in [3.63, 3.8) is 0 Å². The van der Waals surface area contributed by atoms with E-state index in [-0.39, 0.29) is 30.8 Å². The van der Waals surface area contributed by atoms with E-state index in [1.54, 1.807) is 12.1 Å². The Kier molecular flexibility index (Phi) is 9.63. The molecule has 0 fully saturated rings. The lowest BCUT2D eigenvalue weighted by Crippen LogP contribution is -2.59. The second-order valence-electron chi connectivity index (χ2n) is 10.1. The van der Waals surface area contributed by atoms with Gasteiger partial charge in [-0.15, -0.1) is 0 Å². The first-order valence-corrected chi connectivity index (χ1v) is 13.1. The minimum absolute atomic E-state index is 0.0928. The van der Waals surface area contributed by atoms with E-state index >= 15 is 0 Å². The van der Waals surface area contributed by atoms with Gasteiger partial charge in [0, 0.05) is 23.6 Å².